The molecule has 300 valence electrons. The zero-order valence-corrected chi connectivity index (χ0v) is 37.4. The Morgan fingerprint density at radius 1 is 0.746 bits per heavy atom. The molecule has 1 aliphatic heterocycles. The molecule has 0 radical (unpaired) electrons. The number of carbonyl (C=O) groups excluding carboxylic acids is 1. The molecule has 7 aromatic rings. The molecular weight excluding hydrogens is 845 g/mol. The van der Waals surface area contributed by atoms with Gasteiger partial charge in [0.1, 0.15) is 9.79 Å². The van der Waals surface area contributed by atoms with E-state index in [0.717, 1.165) is 43.8 Å². The molecule has 11 nitrogen and oxygen atoms in total. The average Bonchev–Trinajstić information content (AvgIpc) is 3.49. The standard InChI is InChI=1S/C19H20N2.C14H11Cl2NO2.C10H8O6S2.Na/c1-20-12-11-19-17(14-20)16-9-5-6-10-18(16)21(19)13-15-7-3-2-4-8-15;1-8-6-7-10(15)13(12(8)16)17-11-5-3-2-4-9(11)14(18)19;11-17(12,13)9-5-1-3-7-8(9)4-2-6-10(7)18(14,15)16;/h2-10H,11-14H2,1H3;2-7,17H,1H3,(H,18,19);1-6H,(H,11,12,13)(H,14,15,16);/q;;;+1/p-1. The number of anilines is 2. The molecule has 8 rings (SSSR count). The minimum atomic E-state index is -4.47. The van der Waals surface area contributed by atoms with Crippen molar-refractivity contribution in [2.45, 2.75) is 36.2 Å². The Labute approximate surface area is 375 Å². The second-order valence-corrected chi connectivity index (χ2v) is 17.1. The van der Waals surface area contributed by atoms with E-state index in [1.165, 1.54) is 58.1 Å². The maximum absolute atomic E-state index is 11.2. The third-order valence-corrected chi connectivity index (χ3v) is 12.3. The van der Waals surface area contributed by atoms with Crippen LogP contribution < -0.4 is 40.0 Å². The van der Waals surface area contributed by atoms with Gasteiger partial charge < -0.3 is 24.7 Å². The summed E-state index contributed by atoms with van der Waals surface area (Å²) < 4.78 is 65.2. The predicted molar refractivity (Wildman–Crippen MR) is 226 cm³/mol. The largest absolute Gasteiger partial charge is 1.00 e. The minimum absolute atomic E-state index is 0. The molecule has 16 heteroatoms. The predicted octanol–water partition coefficient (Wildman–Crippen LogP) is 5.42. The number of halogens is 2. The Balaban J connectivity index is 0.000000167. The number of nitrogens with one attached hydrogen (secondary N) is 1. The first kappa shape index (κ1) is 45.8. The third-order valence-electron chi connectivity index (χ3n) is 9.62. The van der Waals surface area contributed by atoms with E-state index in [-0.39, 0.29) is 45.9 Å². The van der Waals surface area contributed by atoms with Gasteiger partial charge in [0.05, 0.1) is 21.7 Å². The van der Waals surface area contributed by atoms with Crippen molar-refractivity contribution in [1.82, 2.24) is 9.47 Å². The number of fused-ring (bicyclic) bond motifs is 4. The molecule has 0 amide bonds. The van der Waals surface area contributed by atoms with Crippen LogP contribution in [0, 0.1) is 6.92 Å². The zero-order chi connectivity index (χ0) is 41.8. The van der Waals surface area contributed by atoms with E-state index in [0.29, 0.717) is 21.4 Å². The number of aromatic nitrogens is 1. The molecule has 0 atom stereocenters. The van der Waals surface area contributed by atoms with Gasteiger partial charge in [-0.15, -0.1) is 0 Å². The normalized spacial score (nSPS) is 12.6. The smallest absolute Gasteiger partial charge is 0.545 e. The van der Waals surface area contributed by atoms with E-state index in [9.17, 15) is 26.7 Å². The van der Waals surface area contributed by atoms with Crippen LogP contribution in [-0.4, -0.2) is 55.0 Å². The number of carboxylic acids is 1. The van der Waals surface area contributed by atoms with E-state index in [4.69, 9.17) is 32.3 Å². The van der Waals surface area contributed by atoms with Crippen LogP contribution in [0.3, 0.4) is 0 Å². The van der Waals surface area contributed by atoms with Gasteiger partial charge in [0.15, 0.2) is 0 Å². The van der Waals surface area contributed by atoms with Gasteiger partial charge in [-0.2, -0.15) is 16.8 Å². The van der Waals surface area contributed by atoms with Crippen molar-refractivity contribution in [2.24, 2.45) is 0 Å². The Morgan fingerprint density at radius 3 is 1.92 bits per heavy atom. The third kappa shape index (κ3) is 10.7. The summed E-state index contributed by atoms with van der Waals surface area (Å²) in [6, 6.07) is 37.0. The molecule has 1 aromatic heterocycles. The summed E-state index contributed by atoms with van der Waals surface area (Å²) in [4.78, 5) is 12.6. The Bertz CT molecular complexity index is 2800. The Kier molecular flexibility index (Phi) is 15.1. The fourth-order valence-corrected chi connectivity index (χ4v) is 8.74. The van der Waals surface area contributed by atoms with Gasteiger partial charge in [-0.05, 0) is 61.0 Å². The van der Waals surface area contributed by atoms with Gasteiger partial charge in [0.25, 0.3) is 20.2 Å². The number of nitrogens with zero attached hydrogens (tertiary/aromatic N) is 2. The van der Waals surface area contributed by atoms with Gasteiger partial charge in [-0.3, -0.25) is 9.11 Å². The minimum Gasteiger partial charge on any atom is -0.545 e. The SMILES string of the molecule is CN1CCc2c(c3ccccc3n2Cc2ccccc2)C1.Cc1ccc(Cl)c(Nc2ccccc2C(=O)[O-])c1Cl.O=S(=O)(O)c1cccc2c(S(=O)(=O)O)cccc12.[Na+]. The molecule has 0 saturated heterocycles. The van der Waals surface area contributed by atoms with Crippen molar-refractivity contribution in [3.05, 3.63) is 165 Å². The maximum atomic E-state index is 11.2. The molecule has 2 heterocycles. The van der Waals surface area contributed by atoms with Crippen molar-refractivity contribution >= 4 is 82.5 Å². The van der Waals surface area contributed by atoms with Crippen molar-refractivity contribution in [3.8, 4) is 0 Å². The van der Waals surface area contributed by atoms with E-state index in [2.05, 4.69) is 76.4 Å². The van der Waals surface area contributed by atoms with Crippen molar-refractivity contribution in [1.29, 1.82) is 0 Å². The van der Waals surface area contributed by atoms with E-state index in [1.54, 1.807) is 30.3 Å². The summed E-state index contributed by atoms with van der Waals surface area (Å²) in [5, 5.41) is 16.3. The number of aromatic carboxylic acids is 1. The molecule has 6 aromatic carbocycles. The topological polar surface area (TPSA) is 169 Å². The molecule has 0 fully saturated rings. The summed E-state index contributed by atoms with van der Waals surface area (Å²) >= 11 is 12.2. The number of carbonyl (C=O) groups is 1. The molecule has 0 unspecified atom stereocenters. The van der Waals surface area contributed by atoms with Crippen LogP contribution in [0.1, 0.15) is 32.7 Å². The van der Waals surface area contributed by atoms with Gasteiger partial charge >= 0.3 is 29.6 Å². The van der Waals surface area contributed by atoms with Crippen LogP contribution in [0.5, 0.6) is 0 Å². The fourth-order valence-electron chi connectivity index (χ4n) is 6.86. The average molecular weight is 883 g/mol. The zero-order valence-electron chi connectivity index (χ0n) is 32.3. The van der Waals surface area contributed by atoms with Gasteiger partial charge in [-0.25, -0.2) is 0 Å². The number of rotatable bonds is 7. The van der Waals surface area contributed by atoms with Crippen molar-refractivity contribution in [2.75, 3.05) is 18.9 Å². The maximum Gasteiger partial charge on any atom is 1.00 e. The summed E-state index contributed by atoms with van der Waals surface area (Å²) in [7, 11) is -6.72. The van der Waals surface area contributed by atoms with Crippen LogP contribution in [0.2, 0.25) is 10.0 Å². The number of benzene rings is 6. The summed E-state index contributed by atoms with van der Waals surface area (Å²) in [5.41, 5.74) is 7.57. The summed E-state index contributed by atoms with van der Waals surface area (Å²) in [6.07, 6.45) is 1.15. The summed E-state index contributed by atoms with van der Waals surface area (Å²) in [5.74, 6) is -1.26. The molecule has 0 spiro atoms. The second kappa shape index (κ2) is 19.4. The first-order valence-corrected chi connectivity index (χ1v) is 21.5. The molecule has 59 heavy (non-hydrogen) atoms. The van der Waals surface area contributed by atoms with Gasteiger partial charge in [0.2, 0.25) is 0 Å². The van der Waals surface area contributed by atoms with Crippen LogP contribution in [0.15, 0.2) is 137 Å². The molecular formula is C43H38Cl2N3NaO8S2. The summed E-state index contributed by atoms with van der Waals surface area (Å²) in [6.45, 7) is 5.03. The fraction of sp³-hybridized carbons (Fsp3) is 0.140. The van der Waals surface area contributed by atoms with Gasteiger partial charge in [-0.1, -0.05) is 120 Å². The van der Waals surface area contributed by atoms with Crippen LogP contribution in [0.25, 0.3) is 21.7 Å². The number of carboxylic acid groups (broad SMARTS) is 1. The Morgan fingerprint density at radius 2 is 1.31 bits per heavy atom. The van der Waals surface area contributed by atoms with Crippen LogP contribution in [-0.2, 0) is 39.7 Å². The first-order chi connectivity index (χ1) is 27.5. The number of likely N-dealkylation sites (N-methyl/N-ethyl adjacent to an activating group) is 1. The first-order valence-electron chi connectivity index (χ1n) is 17.8. The van der Waals surface area contributed by atoms with Crippen molar-refractivity contribution in [3.63, 3.8) is 0 Å². The van der Waals surface area contributed by atoms with E-state index < -0.39 is 36.0 Å². The number of aryl methyl sites for hydroxylation is 1. The Hall–Kier alpha value is -4.25. The number of hydrogen-bond acceptors (Lipinski definition) is 8. The number of hydrogen-bond donors (Lipinski definition) is 3. The molecule has 0 bridgehead atoms. The molecule has 1 aliphatic rings. The van der Waals surface area contributed by atoms with E-state index >= 15 is 0 Å². The number of para-hydroxylation sites is 2. The van der Waals surface area contributed by atoms with E-state index in [1.807, 2.05) is 6.92 Å². The molecule has 0 aliphatic carbocycles. The monoisotopic (exact) mass is 881 g/mol. The molecule has 0 saturated carbocycles. The van der Waals surface area contributed by atoms with Crippen molar-refractivity contribution < 1.29 is 65.4 Å². The molecule has 3 N–H and O–H groups in total. The second-order valence-electron chi connectivity index (χ2n) is 13.6. The van der Waals surface area contributed by atoms with Gasteiger partial charge in [0, 0.05) is 64.7 Å². The quantitative estimate of drug-likeness (QED) is 0.139. The van der Waals surface area contributed by atoms with Crippen LogP contribution >= 0.6 is 23.2 Å². The van der Waals surface area contributed by atoms with Crippen LogP contribution in [0.4, 0.5) is 11.4 Å².